The average molecular weight is 247 g/mol. The Morgan fingerprint density at radius 1 is 1.44 bits per heavy atom. The van der Waals surface area contributed by atoms with E-state index in [2.05, 4.69) is 10.1 Å². The summed E-state index contributed by atoms with van der Waals surface area (Å²) in [6.07, 6.45) is 1.49. The Labute approximate surface area is 106 Å². The molecule has 0 spiro atoms. The van der Waals surface area contributed by atoms with Crippen LogP contribution in [0.4, 0.5) is 0 Å². The molecule has 2 aromatic rings. The normalized spacial score (nSPS) is 12.4. The van der Waals surface area contributed by atoms with Gasteiger partial charge >= 0.3 is 0 Å². The molecule has 0 saturated heterocycles. The fourth-order valence-electron chi connectivity index (χ4n) is 1.59. The van der Waals surface area contributed by atoms with Crippen molar-refractivity contribution in [2.75, 3.05) is 7.11 Å². The zero-order chi connectivity index (χ0) is 13.0. The molecule has 1 heterocycles. The average Bonchev–Trinajstić information content (AvgIpc) is 2.87. The van der Waals surface area contributed by atoms with Crippen molar-refractivity contribution in [3.8, 4) is 17.1 Å². The van der Waals surface area contributed by atoms with E-state index in [4.69, 9.17) is 15.0 Å². The highest BCUT2D eigenvalue weighted by Gasteiger charge is 2.11. The van der Waals surface area contributed by atoms with E-state index in [1.54, 1.807) is 7.11 Å². The summed E-state index contributed by atoms with van der Waals surface area (Å²) in [6.45, 7) is 2.03. The van der Waals surface area contributed by atoms with Crippen LogP contribution in [0.25, 0.3) is 11.4 Å². The molecule has 2 rings (SSSR count). The Morgan fingerprint density at radius 3 is 3.00 bits per heavy atom. The SMILES string of the molecule is CCC(N)Cc1nc(-c2cccc(OC)c2)no1. The largest absolute Gasteiger partial charge is 0.497 e. The predicted octanol–water partition coefficient (Wildman–Crippen LogP) is 2.02. The number of nitrogens with two attached hydrogens (primary N) is 1. The highest BCUT2D eigenvalue weighted by atomic mass is 16.5. The quantitative estimate of drug-likeness (QED) is 0.875. The number of hydrogen-bond donors (Lipinski definition) is 1. The third-order valence-electron chi connectivity index (χ3n) is 2.76. The maximum absolute atomic E-state index is 5.85. The lowest BCUT2D eigenvalue weighted by atomic mass is 10.2. The molecule has 1 aromatic heterocycles. The van der Waals surface area contributed by atoms with Gasteiger partial charge in [0, 0.05) is 18.0 Å². The summed E-state index contributed by atoms with van der Waals surface area (Å²) in [5, 5.41) is 3.95. The minimum atomic E-state index is 0.0589. The summed E-state index contributed by atoms with van der Waals surface area (Å²) in [5.74, 6) is 1.90. The summed E-state index contributed by atoms with van der Waals surface area (Å²) in [7, 11) is 1.63. The first-order valence-electron chi connectivity index (χ1n) is 5.95. The van der Waals surface area contributed by atoms with Crippen molar-refractivity contribution in [3.05, 3.63) is 30.2 Å². The number of rotatable bonds is 5. The second-order valence-corrected chi connectivity index (χ2v) is 4.12. The van der Waals surface area contributed by atoms with E-state index in [0.717, 1.165) is 17.7 Å². The molecule has 1 unspecified atom stereocenters. The molecule has 0 fully saturated rings. The van der Waals surface area contributed by atoms with Gasteiger partial charge in [0.15, 0.2) is 0 Å². The van der Waals surface area contributed by atoms with E-state index in [1.165, 1.54) is 0 Å². The van der Waals surface area contributed by atoms with E-state index in [9.17, 15) is 0 Å². The maximum atomic E-state index is 5.85. The molecular formula is C13H17N3O2. The molecule has 5 heteroatoms. The third-order valence-corrected chi connectivity index (χ3v) is 2.76. The van der Waals surface area contributed by atoms with Gasteiger partial charge in [-0.3, -0.25) is 0 Å². The molecule has 1 aromatic carbocycles. The molecule has 0 aliphatic rings. The molecule has 2 N–H and O–H groups in total. The molecule has 0 bridgehead atoms. The zero-order valence-corrected chi connectivity index (χ0v) is 10.6. The van der Waals surface area contributed by atoms with Gasteiger partial charge in [-0.1, -0.05) is 24.2 Å². The van der Waals surface area contributed by atoms with Crippen LogP contribution in [0.2, 0.25) is 0 Å². The highest BCUT2D eigenvalue weighted by Crippen LogP contribution is 2.21. The molecule has 0 saturated carbocycles. The van der Waals surface area contributed by atoms with Gasteiger partial charge in [0.2, 0.25) is 11.7 Å². The van der Waals surface area contributed by atoms with Crippen LogP contribution in [0.5, 0.6) is 5.75 Å². The number of aromatic nitrogens is 2. The fourth-order valence-corrected chi connectivity index (χ4v) is 1.59. The molecule has 0 aliphatic heterocycles. The van der Waals surface area contributed by atoms with E-state index in [-0.39, 0.29) is 6.04 Å². The van der Waals surface area contributed by atoms with Crippen LogP contribution >= 0.6 is 0 Å². The number of ether oxygens (including phenoxy) is 1. The van der Waals surface area contributed by atoms with Crippen LogP contribution in [-0.4, -0.2) is 23.3 Å². The highest BCUT2D eigenvalue weighted by molar-refractivity contribution is 5.56. The zero-order valence-electron chi connectivity index (χ0n) is 10.6. The van der Waals surface area contributed by atoms with Crippen LogP contribution in [0.15, 0.2) is 28.8 Å². The van der Waals surface area contributed by atoms with Crippen molar-refractivity contribution in [1.82, 2.24) is 10.1 Å². The summed E-state index contributed by atoms with van der Waals surface area (Å²) in [4.78, 5) is 4.33. The Hall–Kier alpha value is -1.88. The van der Waals surface area contributed by atoms with E-state index >= 15 is 0 Å². The van der Waals surface area contributed by atoms with Crippen LogP contribution in [0, 0.1) is 0 Å². The standard InChI is InChI=1S/C13H17N3O2/c1-3-10(14)8-12-15-13(16-18-12)9-5-4-6-11(7-9)17-2/h4-7,10H,3,8,14H2,1-2H3. The molecule has 0 radical (unpaired) electrons. The van der Waals surface area contributed by atoms with Crippen LogP contribution in [-0.2, 0) is 6.42 Å². The van der Waals surface area contributed by atoms with Crippen molar-refractivity contribution in [3.63, 3.8) is 0 Å². The molecule has 0 amide bonds. The fraction of sp³-hybridized carbons (Fsp3) is 0.385. The number of nitrogens with zero attached hydrogens (tertiary/aromatic N) is 2. The van der Waals surface area contributed by atoms with E-state index < -0.39 is 0 Å². The number of methoxy groups -OCH3 is 1. The minimum absolute atomic E-state index is 0.0589. The molecule has 5 nitrogen and oxygen atoms in total. The Morgan fingerprint density at radius 2 is 2.28 bits per heavy atom. The first-order chi connectivity index (χ1) is 8.72. The van der Waals surface area contributed by atoms with Crippen LogP contribution < -0.4 is 10.5 Å². The second kappa shape index (κ2) is 5.64. The monoisotopic (exact) mass is 247 g/mol. The van der Waals surface area contributed by atoms with Crippen molar-refractivity contribution in [1.29, 1.82) is 0 Å². The molecule has 96 valence electrons. The van der Waals surface area contributed by atoms with Crippen molar-refractivity contribution < 1.29 is 9.26 Å². The van der Waals surface area contributed by atoms with Gasteiger partial charge in [-0.25, -0.2) is 0 Å². The molecule has 18 heavy (non-hydrogen) atoms. The summed E-state index contributed by atoms with van der Waals surface area (Å²) in [5.41, 5.74) is 6.72. The van der Waals surface area contributed by atoms with Gasteiger partial charge < -0.3 is 15.0 Å². The molecule has 0 aliphatic carbocycles. The first kappa shape index (κ1) is 12.6. The first-order valence-corrected chi connectivity index (χ1v) is 5.95. The molecular weight excluding hydrogens is 230 g/mol. The second-order valence-electron chi connectivity index (χ2n) is 4.12. The van der Waals surface area contributed by atoms with Crippen LogP contribution in [0.3, 0.4) is 0 Å². The topological polar surface area (TPSA) is 74.2 Å². The third kappa shape index (κ3) is 2.87. The lowest BCUT2D eigenvalue weighted by Gasteiger charge is -2.02. The van der Waals surface area contributed by atoms with Gasteiger partial charge in [0.25, 0.3) is 0 Å². The minimum Gasteiger partial charge on any atom is -0.497 e. The lowest BCUT2D eigenvalue weighted by molar-refractivity contribution is 0.368. The lowest BCUT2D eigenvalue weighted by Crippen LogP contribution is -2.21. The van der Waals surface area contributed by atoms with E-state index in [1.807, 2.05) is 31.2 Å². The van der Waals surface area contributed by atoms with Crippen molar-refractivity contribution >= 4 is 0 Å². The maximum Gasteiger partial charge on any atom is 0.228 e. The van der Waals surface area contributed by atoms with E-state index in [0.29, 0.717) is 18.1 Å². The van der Waals surface area contributed by atoms with Gasteiger partial charge in [-0.05, 0) is 18.6 Å². The number of benzene rings is 1. The Bertz CT molecular complexity index is 510. The van der Waals surface area contributed by atoms with Gasteiger partial charge in [0.05, 0.1) is 7.11 Å². The molecule has 1 atom stereocenters. The van der Waals surface area contributed by atoms with Crippen molar-refractivity contribution in [2.24, 2.45) is 5.73 Å². The summed E-state index contributed by atoms with van der Waals surface area (Å²) >= 11 is 0. The van der Waals surface area contributed by atoms with Gasteiger partial charge in [0.1, 0.15) is 5.75 Å². The summed E-state index contributed by atoms with van der Waals surface area (Å²) in [6, 6.07) is 7.61. The van der Waals surface area contributed by atoms with Gasteiger partial charge in [-0.2, -0.15) is 4.98 Å². The van der Waals surface area contributed by atoms with Gasteiger partial charge in [-0.15, -0.1) is 0 Å². The summed E-state index contributed by atoms with van der Waals surface area (Å²) < 4.78 is 10.3. The smallest absolute Gasteiger partial charge is 0.228 e. The van der Waals surface area contributed by atoms with Crippen molar-refractivity contribution in [2.45, 2.75) is 25.8 Å². The van der Waals surface area contributed by atoms with Crippen LogP contribution in [0.1, 0.15) is 19.2 Å². The Kier molecular flexibility index (Phi) is 3.94. The number of hydrogen-bond acceptors (Lipinski definition) is 5. The Balaban J connectivity index is 2.18. The predicted molar refractivity (Wildman–Crippen MR) is 68.3 cm³/mol.